The Kier molecular flexibility index (Phi) is 7.52. The van der Waals surface area contributed by atoms with Crippen molar-refractivity contribution in [3.8, 4) is 0 Å². The number of rotatable bonds is 7. The monoisotopic (exact) mass is 418 g/mol. The number of carbonyl (C=O) groups excluding carboxylic acids is 1. The van der Waals surface area contributed by atoms with Crippen molar-refractivity contribution in [2.75, 3.05) is 65.4 Å². The normalized spacial score (nSPS) is 18.9. The van der Waals surface area contributed by atoms with E-state index in [2.05, 4.69) is 81.9 Å². The fourth-order valence-corrected chi connectivity index (χ4v) is 4.72. The molecule has 0 aliphatic carbocycles. The van der Waals surface area contributed by atoms with Gasteiger partial charge in [0.2, 0.25) is 5.91 Å². The summed E-state index contributed by atoms with van der Waals surface area (Å²) in [6, 6.07) is 21.8. The fraction of sp³-hybridized carbons (Fsp3) is 0.423. The van der Waals surface area contributed by atoms with Crippen molar-refractivity contribution < 1.29 is 4.79 Å². The molecule has 0 radical (unpaired) electrons. The highest BCUT2D eigenvalue weighted by Crippen LogP contribution is 2.29. The van der Waals surface area contributed by atoms with Gasteiger partial charge in [0, 0.05) is 58.9 Å². The quantitative estimate of drug-likeness (QED) is 0.647. The molecule has 0 atom stereocenters. The van der Waals surface area contributed by atoms with Crippen LogP contribution >= 0.6 is 0 Å². The molecule has 2 aromatic rings. The number of benzene rings is 2. The summed E-state index contributed by atoms with van der Waals surface area (Å²) >= 11 is 0. The van der Waals surface area contributed by atoms with Crippen LogP contribution in [0.25, 0.3) is 0 Å². The van der Waals surface area contributed by atoms with E-state index in [0.29, 0.717) is 6.54 Å². The van der Waals surface area contributed by atoms with Gasteiger partial charge in [-0.15, -0.1) is 6.58 Å². The Morgan fingerprint density at radius 3 is 1.81 bits per heavy atom. The smallest absolute Gasteiger partial charge is 0.236 e. The number of nitrogens with zero attached hydrogens (tertiary/aromatic N) is 4. The average molecular weight is 419 g/mol. The second-order valence-corrected chi connectivity index (χ2v) is 8.51. The zero-order valence-electron chi connectivity index (χ0n) is 18.4. The second kappa shape index (κ2) is 10.7. The maximum absolute atomic E-state index is 12.8. The van der Waals surface area contributed by atoms with Crippen LogP contribution in [0.4, 0.5) is 0 Å². The third-order valence-electron chi connectivity index (χ3n) is 6.47. The molecule has 2 saturated heterocycles. The van der Waals surface area contributed by atoms with Crippen molar-refractivity contribution in [1.82, 2.24) is 19.6 Å². The zero-order chi connectivity index (χ0) is 21.5. The summed E-state index contributed by atoms with van der Waals surface area (Å²) in [4.78, 5) is 22.1. The van der Waals surface area contributed by atoms with Crippen molar-refractivity contribution in [3.63, 3.8) is 0 Å². The number of amides is 1. The molecule has 2 aromatic carbocycles. The van der Waals surface area contributed by atoms with Crippen molar-refractivity contribution in [3.05, 3.63) is 84.4 Å². The molecule has 2 fully saturated rings. The molecule has 31 heavy (non-hydrogen) atoms. The first-order valence-electron chi connectivity index (χ1n) is 11.4. The van der Waals surface area contributed by atoms with Crippen LogP contribution in [0.5, 0.6) is 0 Å². The van der Waals surface area contributed by atoms with Crippen LogP contribution in [-0.4, -0.2) is 91.0 Å². The van der Waals surface area contributed by atoms with E-state index in [1.807, 2.05) is 11.0 Å². The lowest BCUT2D eigenvalue weighted by Gasteiger charge is -2.40. The first-order chi connectivity index (χ1) is 15.2. The van der Waals surface area contributed by atoms with Crippen molar-refractivity contribution in [2.24, 2.45) is 0 Å². The van der Waals surface area contributed by atoms with Gasteiger partial charge in [-0.1, -0.05) is 66.7 Å². The Labute approximate surface area is 186 Å². The van der Waals surface area contributed by atoms with Gasteiger partial charge in [-0.25, -0.2) is 0 Å². The van der Waals surface area contributed by atoms with E-state index in [-0.39, 0.29) is 11.9 Å². The van der Waals surface area contributed by atoms with E-state index in [9.17, 15) is 4.79 Å². The molecule has 2 aliphatic heterocycles. The summed E-state index contributed by atoms with van der Waals surface area (Å²) in [7, 11) is 0. The van der Waals surface area contributed by atoms with E-state index in [4.69, 9.17) is 0 Å². The van der Waals surface area contributed by atoms with Gasteiger partial charge in [0.1, 0.15) is 0 Å². The molecule has 0 spiro atoms. The van der Waals surface area contributed by atoms with Gasteiger partial charge in [0.05, 0.1) is 12.6 Å². The Morgan fingerprint density at radius 2 is 1.29 bits per heavy atom. The number of hydrogen-bond donors (Lipinski definition) is 0. The largest absolute Gasteiger partial charge is 0.339 e. The van der Waals surface area contributed by atoms with E-state index in [0.717, 1.165) is 58.9 Å². The van der Waals surface area contributed by atoms with Gasteiger partial charge < -0.3 is 4.90 Å². The molecule has 0 N–H and O–H groups in total. The Balaban J connectivity index is 1.33. The Hall–Kier alpha value is -2.47. The molecule has 2 heterocycles. The summed E-state index contributed by atoms with van der Waals surface area (Å²) in [6.07, 6.45) is 1.94. The maximum atomic E-state index is 12.8. The SMILES string of the molecule is C=CCN1CCN(C(=O)CN2CCN(C(c3ccccc3)c3ccccc3)CC2)CC1. The lowest BCUT2D eigenvalue weighted by atomic mass is 9.96. The molecule has 0 unspecified atom stereocenters. The van der Waals surface area contributed by atoms with Crippen molar-refractivity contribution in [1.29, 1.82) is 0 Å². The highest BCUT2D eigenvalue weighted by molar-refractivity contribution is 5.78. The third kappa shape index (κ3) is 5.62. The first-order valence-corrected chi connectivity index (χ1v) is 11.4. The molecule has 0 saturated carbocycles. The summed E-state index contributed by atoms with van der Waals surface area (Å²) in [6.45, 7) is 12.6. The molecular formula is C26H34N4O. The summed E-state index contributed by atoms with van der Waals surface area (Å²) in [5, 5.41) is 0. The van der Waals surface area contributed by atoms with Gasteiger partial charge in [-0.05, 0) is 11.1 Å². The summed E-state index contributed by atoms with van der Waals surface area (Å²) in [5.41, 5.74) is 2.66. The molecular weight excluding hydrogens is 384 g/mol. The maximum Gasteiger partial charge on any atom is 0.236 e. The van der Waals surface area contributed by atoms with Gasteiger partial charge >= 0.3 is 0 Å². The minimum atomic E-state index is 0.262. The van der Waals surface area contributed by atoms with E-state index >= 15 is 0 Å². The van der Waals surface area contributed by atoms with Crippen molar-refractivity contribution in [2.45, 2.75) is 6.04 Å². The Morgan fingerprint density at radius 1 is 0.774 bits per heavy atom. The molecule has 5 heteroatoms. The number of piperazine rings is 2. The van der Waals surface area contributed by atoms with Crippen molar-refractivity contribution >= 4 is 5.91 Å². The highest BCUT2D eigenvalue weighted by atomic mass is 16.2. The molecule has 164 valence electrons. The fourth-order valence-electron chi connectivity index (χ4n) is 4.72. The minimum Gasteiger partial charge on any atom is -0.339 e. The van der Waals surface area contributed by atoms with Crippen LogP contribution < -0.4 is 0 Å². The van der Waals surface area contributed by atoms with Crippen LogP contribution in [0, 0.1) is 0 Å². The summed E-state index contributed by atoms with van der Waals surface area (Å²) in [5.74, 6) is 0.273. The van der Waals surface area contributed by atoms with E-state index < -0.39 is 0 Å². The average Bonchev–Trinajstić information content (AvgIpc) is 2.82. The molecule has 4 rings (SSSR count). The molecule has 1 amide bonds. The second-order valence-electron chi connectivity index (χ2n) is 8.51. The Bertz CT molecular complexity index is 786. The van der Waals surface area contributed by atoms with E-state index in [1.165, 1.54) is 11.1 Å². The molecule has 5 nitrogen and oxygen atoms in total. The standard InChI is InChI=1S/C26H34N4O/c1-2-13-27-14-18-29(19-15-27)25(31)22-28-16-20-30(21-17-28)26(23-9-5-3-6-10-23)24-11-7-4-8-12-24/h2-12,26H,1,13-22H2. The summed E-state index contributed by atoms with van der Waals surface area (Å²) < 4.78 is 0. The van der Waals surface area contributed by atoms with Crippen LogP contribution in [0.1, 0.15) is 17.2 Å². The van der Waals surface area contributed by atoms with Crippen LogP contribution in [0.15, 0.2) is 73.3 Å². The predicted molar refractivity (Wildman–Crippen MR) is 126 cm³/mol. The lowest BCUT2D eigenvalue weighted by Crippen LogP contribution is -2.54. The first kappa shape index (κ1) is 21.8. The van der Waals surface area contributed by atoms with Crippen LogP contribution in [0.2, 0.25) is 0 Å². The lowest BCUT2D eigenvalue weighted by molar-refractivity contribution is -0.134. The molecule has 2 aliphatic rings. The van der Waals surface area contributed by atoms with Gasteiger partial charge in [-0.3, -0.25) is 19.5 Å². The highest BCUT2D eigenvalue weighted by Gasteiger charge is 2.28. The topological polar surface area (TPSA) is 30.0 Å². The minimum absolute atomic E-state index is 0.262. The van der Waals surface area contributed by atoms with E-state index in [1.54, 1.807) is 0 Å². The molecule has 0 aromatic heterocycles. The van der Waals surface area contributed by atoms with Gasteiger partial charge in [0.15, 0.2) is 0 Å². The predicted octanol–water partition coefficient (Wildman–Crippen LogP) is 2.72. The number of carbonyl (C=O) groups is 1. The zero-order valence-corrected chi connectivity index (χ0v) is 18.4. The third-order valence-corrected chi connectivity index (χ3v) is 6.47. The van der Waals surface area contributed by atoms with Crippen LogP contribution in [-0.2, 0) is 4.79 Å². The van der Waals surface area contributed by atoms with Gasteiger partial charge in [0.25, 0.3) is 0 Å². The number of hydrogen-bond acceptors (Lipinski definition) is 4. The van der Waals surface area contributed by atoms with Crippen LogP contribution in [0.3, 0.4) is 0 Å². The van der Waals surface area contributed by atoms with Gasteiger partial charge in [-0.2, -0.15) is 0 Å². The molecule has 0 bridgehead atoms.